The number of aromatic hydroxyl groups is 1. The van der Waals surface area contributed by atoms with Crippen molar-refractivity contribution in [3.8, 4) is 17.2 Å². The summed E-state index contributed by atoms with van der Waals surface area (Å²) < 4.78 is 47.3. The van der Waals surface area contributed by atoms with E-state index in [9.17, 15) is 54.0 Å². The molecule has 3 aromatic rings. The standard InChI is InChI=1S/C59H68FN5O17/c1-25-12-11-13-26(2)56(74)62-42-45(64-21-32(22-64)57(75)61-33-16-18-63(23-33)44-37(60)20-35-43(54(44)79-10)65(34-14-15-34)24-36(49(35)70)58(76)77)51(72)39-40(50(42)71)48(69)30(6)53-41(39)55(73)59(8,82-53)80-19-17-38(78-9)27(3)52(81-31(7)66)29(5)47(68)28(4)46(25)67/h11-13,17,19-20,24-25,27-29,32-34,38,46-47,52,67-69H,14-16,18,21-23H2,1-10H3,(H,61,75)(H,62,74)(H,76,77)/b12-11+,19-17+,26-13-/t25-,27+,28+,29+,33?,38-,46-,47+,52+,59-/m0/s1. The minimum absolute atomic E-state index is 0.0362. The molecule has 2 amide bonds. The predicted molar refractivity (Wildman–Crippen MR) is 292 cm³/mol. The fourth-order valence-electron chi connectivity index (χ4n) is 11.9. The molecule has 6 heterocycles. The van der Waals surface area contributed by atoms with Crippen LogP contribution in [0.4, 0.5) is 10.1 Å². The van der Waals surface area contributed by atoms with E-state index in [2.05, 4.69) is 10.6 Å². The second-order valence-corrected chi connectivity index (χ2v) is 22.5. The van der Waals surface area contributed by atoms with E-state index in [1.54, 1.807) is 43.2 Å². The van der Waals surface area contributed by atoms with Crippen LogP contribution in [-0.4, -0.2) is 148 Å². The number of carbonyl (C=O) groups excluding carboxylic acids is 6. The molecule has 1 unspecified atom stereocenters. The number of amides is 2. The molecule has 22 nitrogen and oxygen atoms in total. The van der Waals surface area contributed by atoms with Crippen LogP contribution >= 0.6 is 0 Å². The number of benzene rings is 2. The lowest BCUT2D eigenvalue weighted by molar-refractivity contribution is -0.160. The molecular formula is C59H68FN5O17. The molecule has 2 saturated heterocycles. The lowest BCUT2D eigenvalue weighted by Gasteiger charge is -2.43. The number of aliphatic hydroxyl groups is 2. The van der Waals surface area contributed by atoms with Crippen LogP contribution in [0.3, 0.4) is 0 Å². The number of aliphatic hydroxyl groups excluding tert-OH is 2. The van der Waals surface area contributed by atoms with Gasteiger partial charge in [0, 0.05) is 100 Å². The second kappa shape index (κ2) is 22.5. The van der Waals surface area contributed by atoms with Crippen molar-refractivity contribution in [2.45, 2.75) is 117 Å². The maximum atomic E-state index is 16.2. The molecule has 23 heteroatoms. The van der Waals surface area contributed by atoms with Crippen LogP contribution in [0.15, 0.2) is 64.6 Å². The van der Waals surface area contributed by atoms with Crippen molar-refractivity contribution >= 4 is 57.7 Å². The van der Waals surface area contributed by atoms with Crippen LogP contribution in [0.1, 0.15) is 121 Å². The second-order valence-electron chi connectivity index (χ2n) is 22.5. The van der Waals surface area contributed by atoms with E-state index >= 15 is 9.18 Å². The molecule has 2 aromatic carbocycles. The van der Waals surface area contributed by atoms with Gasteiger partial charge < -0.3 is 69.1 Å². The summed E-state index contributed by atoms with van der Waals surface area (Å²) in [6, 6.07) is 0.369. The number of phenols is 1. The van der Waals surface area contributed by atoms with Gasteiger partial charge in [0.15, 0.2) is 11.6 Å². The first kappa shape index (κ1) is 58.8. The number of nitrogens with zero attached hydrogens (tertiary/aromatic N) is 3. The average molecular weight is 1140 g/mol. The number of rotatable bonds is 9. The number of carbonyl (C=O) groups is 7. The number of ether oxygens (including phenoxy) is 5. The maximum absolute atomic E-state index is 16.2. The van der Waals surface area contributed by atoms with Gasteiger partial charge in [0.25, 0.3) is 11.7 Å². The number of aromatic nitrogens is 1. The number of nitrogens with one attached hydrogen (secondary N) is 2. The summed E-state index contributed by atoms with van der Waals surface area (Å²) in [5.41, 5.74) is -3.48. The maximum Gasteiger partial charge on any atom is 0.341 e. The normalized spacial score (nSPS) is 29.6. The first-order chi connectivity index (χ1) is 38.7. The fraction of sp³-hybridized carbons (Fsp3) is 0.492. The Bertz CT molecular complexity index is 3410. The highest BCUT2D eigenvalue weighted by atomic mass is 19.1. The molecular weight excluding hydrogens is 1070 g/mol. The number of allylic oxidation sites excluding steroid dienone is 4. The van der Waals surface area contributed by atoms with Crippen molar-refractivity contribution in [3.05, 3.63) is 104 Å². The SMILES string of the molecule is COc1c(N2CCC(NC(=O)C3CN(C4=C5NC(=O)/C(C)=C\C=C\[C@H](C)[C@H](O)[C@@H](C)[C@@H](O)[C@@H](C)[C@H](OC(C)=O)[C@H](C)[C@@H](OC)/C=C/O[C@@]6(C)Oc7c(C)c(O)c(c(c7C6=O)C4=O)C5=O)C3)C2)c(F)cc2c(=O)c(C(=O)O)cn(C3CC3)c12. The van der Waals surface area contributed by atoms with Crippen molar-refractivity contribution in [1.82, 2.24) is 20.1 Å². The highest BCUT2D eigenvalue weighted by Gasteiger charge is 2.54. The zero-order valence-electron chi connectivity index (χ0n) is 47.2. The van der Waals surface area contributed by atoms with Gasteiger partial charge in [-0.05, 0) is 45.3 Å². The van der Waals surface area contributed by atoms with Gasteiger partial charge in [-0.15, -0.1) is 0 Å². The van der Waals surface area contributed by atoms with Crippen LogP contribution in [-0.2, 0) is 28.6 Å². The van der Waals surface area contributed by atoms with E-state index in [4.69, 9.17) is 23.7 Å². The molecule has 2 aliphatic carbocycles. The Hall–Kier alpha value is -7.89. The van der Waals surface area contributed by atoms with E-state index in [0.29, 0.717) is 6.42 Å². The number of likely N-dealkylation sites (tertiary alicyclic amines) is 1. The molecule has 6 N–H and O–H groups in total. The molecule has 0 radical (unpaired) electrons. The van der Waals surface area contributed by atoms with Gasteiger partial charge in [0.1, 0.15) is 40.2 Å². The zero-order chi connectivity index (χ0) is 59.7. The molecule has 0 spiro atoms. The molecule has 3 fully saturated rings. The summed E-state index contributed by atoms with van der Waals surface area (Å²) in [5, 5.41) is 50.1. The topological polar surface area (TPSA) is 299 Å². The summed E-state index contributed by atoms with van der Waals surface area (Å²) in [7, 11) is 2.72. The fourth-order valence-corrected chi connectivity index (χ4v) is 11.9. The monoisotopic (exact) mass is 1140 g/mol. The number of esters is 1. The van der Waals surface area contributed by atoms with Crippen LogP contribution in [0, 0.1) is 42.3 Å². The predicted octanol–water partition coefficient (Wildman–Crippen LogP) is 4.78. The molecule has 5 bridgehead atoms. The van der Waals surface area contributed by atoms with E-state index in [-0.39, 0.29) is 82.7 Å². The Kier molecular flexibility index (Phi) is 16.1. The molecule has 10 rings (SSSR count). The van der Waals surface area contributed by atoms with E-state index in [1.165, 1.54) is 71.2 Å². The van der Waals surface area contributed by atoms with Gasteiger partial charge in [-0.3, -0.25) is 33.6 Å². The molecule has 1 saturated carbocycles. The van der Waals surface area contributed by atoms with Gasteiger partial charge >= 0.3 is 17.7 Å². The lowest BCUT2D eigenvalue weighted by atomic mass is 9.78. The first-order valence-electron chi connectivity index (χ1n) is 27.3. The van der Waals surface area contributed by atoms with Crippen LogP contribution < -0.4 is 30.4 Å². The minimum Gasteiger partial charge on any atom is -0.507 e. The van der Waals surface area contributed by atoms with Gasteiger partial charge in [0.05, 0.1) is 65.2 Å². The number of fused-ring (bicyclic) bond motifs is 15. The largest absolute Gasteiger partial charge is 0.507 e. The number of aromatic carboxylic acids is 1. The van der Waals surface area contributed by atoms with E-state index < -0.39 is 146 Å². The van der Waals surface area contributed by atoms with E-state index in [1.807, 2.05) is 0 Å². The van der Waals surface area contributed by atoms with Crippen molar-refractivity contribution in [2.75, 3.05) is 45.3 Å². The molecule has 438 valence electrons. The quantitative estimate of drug-likeness (QED) is 0.157. The van der Waals surface area contributed by atoms with Gasteiger partial charge in [-0.25, -0.2) is 9.18 Å². The third kappa shape index (κ3) is 10.3. The number of carboxylic acids is 1. The minimum atomic E-state index is -2.20. The zero-order valence-corrected chi connectivity index (χ0v) is 47.2. The Morgan fingerprint density at radius 3 is 2.22 bits per heavy atom. The highest BCUT2D eigenvalue weighted by molar-refractivity contribution is 6.32. The summed E-state index contributed by atoms with van der Waals surface area (Å²) in [5.74, 6) is -13.8. The summed E-state index contributed by atoms with van der Waals surface area (Å²) in [6.07, 6.45) is 5.94. The van der Waals surface area contributed by atoms with Crippen molar-refractivity contribution in [2.24, 2.45) is 29.6 Å². The Morgan fingerprint density at radius 2 is 1.59 bits per heavy atom. The van der Waals surface area contributed by atoms with Crippen molar-refractivity contribution in [3.63, 3.8) is 0 Å². The van der Waals surface area contributed by atoms with Gasteiger partial charge in [-0.1, -0.05) is 45.9 Å². The van der Waals surface area contributed by atoms with Crippen LogP contribution in [0.25, 0.3) is 10.9 Å². The number of carboxylic acid groups (broad SMARTS) is 1. The van der Waals surface area contributed by atoms with Crippen LogP contribution in [0.2, 0.25) is 0 Å². The number of pyridine rings is 1. The Balaban J connectivity index is 1.02. The summed E-state index contributed by atoms with van der Waals surface area (Å²) in [6.45, 7) is 12.1. The first-order valence-corrected chi connectivity index (χ1v) is 27.3. The van der Waals surface area contributed by atoms with E-state index in [0.717, 1.165) is 25.2 Å². The van der Waals surface area contributed by atoms with Crippen molar-refractivity contribution < 1.29 is 82.1 Å². The van der Waals surface area contributed by atoms with Gasteiger partial charge in [-0.2, -0.15) is 0 Å². The van der Waals surface area contributed by atoms with Crippen molar-refractivity contribution in [1.29, 1.82) is 0 Å². The van der Waals surface area contributed by atoms with Crippen LogP contribution in [0.5, 0.6) is 17.2 Å². The molecule has 1 aromatic heterocycles. The lowest BCUT2D eigenvalue weighted by Crippen LogP contribution is -2.57. The highest BCUT2D eigenvalue weighted by Crippen LogP contribution is 2.50. The van der Waals surface area contributed by atoms with Gasteiger partial charge in [0.2, 0.25) is 22.9 Å². The summed E-state index contributed by atoms with van der Waals surface area (Å²) in [4.78, 5) is 114. The number of hydrogen-bond acceptors (Lipinski definition) is 18. The number of anilines is 1. The number of halogens is 1. The molecule has 10 atom stereocenters. The Labute approximate surface area is 471 Å². The number of ketones is 3. The molecule has 5 aliphatic heterocycles. The smallest absolute Gasteiger partial charge is 0.341 e. The number of Topliss-reactive ketones (excluding diaryl/α,β-unsaturated/α-hetero) is 3. The average Bonchev–Trinajstić information content (AvgIpc) is 3.79. The third-order valence-corrected chi connectivity index (χ3v) is 16.9. The molecule has 82 heavy (non-hydrogen) atoms. The number of phenolic OH excluding ortho intramolecular Hbond substituents is 1. The summed E-state index contributed by atoms with van der Waals surface area (Å²) >= 11 is 0. The number of hydrogen-bond donors (Lipinski definition) is 6. The Morgan fingerprint density at radius 1 is 0.890 bits per heavy atom. The number of methoxy groups -OCH3 is 2. The molecule has 7 aliphatic rings. The third-order valence-electron chi connectivity index (χ3n) is 16.9.